The van der Waals surface area contributed by atoms with Gasteiger partial charge in [-0.05, 0) is 43.7 Å². The lowest BCUT2D eigenvalue weighted by Gasteiger charge is -2.22. The first-order valence-electron chi connectivity index (χ1n) is 8.85. The molecule has 1 N–H and O–H groups in total. The van der Waals surface area contributed by atoms with Crippen LogP contribution in [-0.4, -0.2) is 46.8 Å². The number of carbonyl (C=O) groups is 2. The van der Waals surface area contributed by atoms with Gasteiger partial charge in [0, 0.05) is 11.8 Å². The number of esters is 1. The summed E-state index contributed by atoms with van der Waals surface area (Å²) in [6, 6.07) is 11.2. The Balaban J connectivity index is 2.26. The Morgan fingerprint density at radius 3 is 2.48 bits per heavy atom. The number of methoxy groups -OCH3 is 1. The zero-order valence-electron chi connectivity index (χ0n) is 16.8. The monoisotopic (exact) mass is 420 g/mol. The van der Waals surface area contributed by atoms with E-state index in [0.717, 1.165) is 16.1 Å². The van der Waals surface area contributed by atoms with Crippen LogP contribution in [0.25, 0.3) is 0 Å². The first-order valence-corrected chi connectivity index (χ1v) is 10.7. The lowest BCUT2D eigenvalue weighted by molar-refractivity contribution is -0.114. The number of nitrogens with one attached hydrogen (secondary N) is 1. The number of carbonyl (C=O) groups excluding carboxylic acids is 2. The number of amides is 1. The van der Waals surface area contributed by atoms with Gasteiger partial charge in [-0.3, -0.25) is 9.10 Å². The van der Waals surface area contributed by atoms with E-state index in [-0.39, 0.29) is 5.56 Å². The van der Waals surface area contributed by atoms with Gasteiger partial charge in [0.1, 0.15) is 12.3 Å². The quantitative estimate of drug-likeness (QED) is 0.659. The molecule has 0 heterocycles. The summed E-state index contributed by atoms with van der Waals surface area (Å²) < 4.78 is 35.6. The molecule has 0 atom stereocenters. The van der Waals surface area contributed by atoms with Gasteiger partial charge in [-0.2, -0.15) is 0 Å². The van der Waals surface area contributed by atoms with Crippen molar-refractivity contribution < 1.29 is 27.5 Å². The van der Waals surface area contributed by atoms with Crippen LogP contribution < -0.4 is 14.4 Å². The second-order valence-electron chi connectivity index (χ2n) is 6.27. The van der Waals surface area contributed by atoms with Gasteiger partial charge in [0.25, 0.3) is 0 Å². The van der Waals surface area contributed by atoms with E-state index in [4.69, 9.17) is 4.74 Å². The lowest BCUT2D eigenvalue weighted by atomic mass is 10.1. The molecule has 29 heavy (non-hydrogen) atoms. The molecule has 156 valence electrons. The van der Waals surface area contributed by atoms with Crippen molar-refractivity contribution in [3.8, 4) is 5.75 Å². The van der Waals surface area contributed by atoms with E-state index in [1.807, 2.05) is 6.92 Å². The van der Waals surface area contributed by atoms with Gasteiger partial charge < -0.3 is 14.8 Å². The van der Waals surface area contributed by atoms with Crippen LogP contribution in [0.5, 0.6) is 5.75 Å². The van der Waals surface area contributed by atoms with Gasteiger partial charge in [0.15, 0.2) is 0 Å². The molecule has 0 saturated carbocycles. The maximum absolute atomic E-state index is 12.6. The van der Waals surface area contributed by atoms with Crippen LogP contribution in [-0.2, 0) is 19.6 Å². The summed E-state index contributed by atoms with van der Waals surface area (Å²) in [5.41, 5.74) is 1.70. The molecular formula is C20H24N2O6S. The Morgan fingerprint density at radius 2 is 1.86 bits per heavy atom. The number of hydrogen-bond donors (Lipinski definition) is 1. The summed E-state index contributed by atoms with van der Waals surface area (Å²) >= 11 is 0. The Kier molecular flexibility index (Phi) is 7.22. The SMILES string of the molecule is CCOc1cccc(N(CC(=O)Nc2cc(C(=O)OC)ccc2C)S(C)(=O)=O)c1. The van der Waals surface area contributed by atoms with Gasteiger partial charge >= 0.3 is 5.97 Å². The molecular weight excluding hydrogens is 396 g/mol. The summed E-state index contributed by atoms with van der Waals surface area (Å²) in [7, 11) is -2.47. The largest absolute Gasteiger partial charge is 0.494 e. The molecule has 2 aromatic carbocycles. The molecule has 0 aliphatic rings. The van der Waals surface area contributed by atoms with E-state index in [1.54, 1.807) is 43.3 Å². The van der Waals surface area contributed by atoms with E-state index in [1.165, 1.54) is 13.2 Å². The van der Waals surface area contributed by atoms with Crippen molar-refractivity contribution in [2.45, 2.75) is 13.8 Å². The number of ether oxygens (including phenoxy) is 2. The number of hydrogen-bond acceptors (Lipinski definition) is 6. The minimum Gasteiger partial charge on any atom is -0.494 e. The lowest BCUT2D eigenvalue weighted by Crippen LogP contribution is -2.37. The van der Waals surface area contributed by atoms with Crippen LogP contribution in [0.3, 0.4) is 0 Å². The first-order chi connectivity index (χ1) is 13.7. The van der Waals surface area contributed by atoms with Gasteiger partial charge in [-0.15, -0.1) is 0 Å². The molecule has 0 aliphatic heterocycles. The van der Waals surface area contributed by atoms with Crippen molar-refractivity contribution >= 4 is 33.3 Å². The third-order valence-electron chi connectivity index (χ3n) is 4.04. The van der Waals surface area contributed by atoms with Crippen LogP contribution >= 0.6 is 0 Å². The maximum Gasteiger partial charge on any atom is 0.337 e. The Morgan fingerprint density at radius 1 is 1.14 bits per heavy atom. The fourth-order valence-electron chi connectivity index (χ4n) is 2.62. The smallest absolute Gasteiger partial charge is 0.337 e. The third kappa shape index (κ3) is 5.95. The maximum atomic E-state index is 12.6. The van der Waals surface area contributed by atoms with Crippen molar-refractivity contribution in [2.24, 2.45) is 0 Å². The predicted octanol–water partition coefficient (Wildman–Crippen LogP) is 2.59. The molecule has 9 heteroatoms. The third-order valence-corrected chi connectivity index (χ3v) is 5.18. The van der Waals surface area contributed by atoms with Crippen LogP contribution in [0, 0.1) is 6.92 Å². The first kappa shape index (κ1) is 22.2. The van der Waals surface area contributed by atoms with Crippen molar-refractivity contribution in [3.63, 3.8) is 0 Å². The Bertz CT molecular complexity index is 1000. The molecule has 8 nitrogen and oxygen atoms in total. The zero-order chi connectivity index (χ0) is 21.6. The van der Waals surface area contributed by atoms with E-state index in [2.05, 4.69) is 10.1 Å². The van der Waals surface area contributed by atoms with Crippen molar-refractivity contribution in [1.82, 2.24) is 0 Å². The summed E-state index contributed by atoms with van der Waals surface area (Å²) in [6.45, 7) is 3.57. The summed E-state index contributed by atoms with van der Waals surface area (Å²) in [6.07, 6.45) is 1.02. The van der Waals surface area contributed by atoms with Crippen molar-refractivity contribution in [1.29, 1.82) is 0 Å². The van der Waals surface area contributed by atoms with E-state index >= 15 is 0 Å². The Hall–Kier alpha value is -3.07. The highest BCUT2D eigenvalue weighted by Crippen LogP contribution is 2.24. The summed E-state index contributed by atoms with van der Waals surface area (Å²) in [5.74, 6) is -0.589. The normalized spacial score (nSPS) is 10.9. The average molecular weight is 420 g/mol. The van der Waals surface area contributed by atoms with Crippen LogP contribution in [0.15, 0.2) is 42.5 Å². The van der Waals surface area contributed by atoms with Crippen molar-refractivity contribution in [2.75, 3.05) is 36.1 Å². The second-order valence-corrected chi connectivity index (χ2v) is 8.18. The molecule has 0 unspecified atom stereocenters. The average Bonchev–Trinajstić information content (AvgIpc) is 2.67. The fourth-order valence-corrected chi connectivity index (χ4v) is 3.47. The van der Waals surface area contributed by atoms with Gasteiger partial charge in [0.2, 0.25) is 15.9 Å². The standard InChI is InChI=1S/C20H24N2O6S/c1-5-28-17-8-6-7-16(12-17)22(29(4,25)26)13-19(23)21-18-11-15(20(24)27-3)10-9-14(18)2/h6-12H,5,13H2,1-4H3,(H,21,23). The van der Waals surface area contributed by atoms with Gasteiger partial charge in [0.05, 0.1) is 31.2 Å². The number of benzene rings is 2. The number of nitrogens with zero attached hydrogens (tertiary/aromatic N) is 1. The predicted molar refractivity (Wildman–Crippen MR) is 111 cm³/mol. The van der Waals surface area contributed by atoms with Gasteiger partial charge in [-0.25, -0.2) is 13.2 Å². The zero-order valence-corrected chi connectivity index (χ0v) is 17.6. The molecule has 0 aromatic heterocycles. The molecule has 1 amide bonds. The summed E-state index contributed by atoms with van der Waals surface area (Å²) in [4.78, 5) is 24.3. The molecule has 0 saturated heterocycles. The topological polar surface area (TPSA) is 102 Å². The Labute approximate surface area is 170 Å². The van der Waals surface area contributed by atoms with E-state index in [0.29, 0.717) is 23.7 Å². The molecule has 2 aromatic rings. The van der Waals surface area contributed by atoms with Crippen LogP contribution in [0.2, 0.25) is 0 Å². The minimum atomic E-state index is -3.73. The van der Waals surface area contributed by atoms with Gasteiger partial charge in [-0.1, -0.05) is 12.1 Å². The highest BCUT2D eigenvalue weighted by atomic mass is 32.2. The number of anilines is 2. The molecule has 0 bridgehead atoms. The highest BCUT2D eigenvalue weighted by Gasteiger charge is 2.22. The van der Waals surface area contributed by atoms with Crippen LogP contribution in [0.1, 0.15) is 22.8 Å². The van der Waals surface area contributed by atoms with Crippen molar-refractivity contribution in [3.05, 3.63) is 53.6 Å². The molecule has 2 rings (SSSR count). The summed E-state index contributed by atoms with van der Waals surface area (Å²) in [5, 5.41) is 2.66. The molecule has 0 spiro atoms. The van der Waals surface area contributed by atoms with E-state index in [9.17, 15) is 18.0 Å². The number of rotatable bonds is 8. The second kappa shape index (κ2) is 9.42. The fraction of sp³-hybridized carbons (Fsp3) is 0.300. The molecule has 0 aliphatic carbocycles. The number of sulfonamides is 1. The minimum absolute atomic E-state index is 0.276. The molecule has 0 radical (unpaired) electrons. The van der Waals surface area contributed by atoms with E-state index < -0.39 is 28.4 Å². The highest BCUT2D eigenvalue weighted by molar-refractivity contribution is 7.92. The van der Waals surface area contributed by atoms with Crippen LogP contribution in [0.4, 0.5) is 11.4 Å². The molecule has 0 fully saturated rings. The number of aryl methyl sites for hydroxylation is 1.